The van der Waals surface area contributed by atoms with Gasteiger partial charge in [-0.3, -0.25) is 0 Å². The molecule has 102 valence electrons. The van der Waals surface area contributed by atoms with Crippen LogP contribution in [0.4, 0.5) is 4.79 Å². The van der Waals surface area contributed by atoms with Crippen LogP contribution in [0.5, 0.6) is 0 Å². The molecule has 0 spiro atoms. The molecule has 0 N–H and O–H groups in total. The minimum absolute atomic E-state index is 0.0883. The van der Waals surface area contributed by atoms with Crippen LogP contribution in [-0.2, 0) is 4.74 Å². The van der Waals surface area contributed by atoms with Gasteiger partial charge in [-0.2, -0.15) is 11.8 Å². The number of nitrogens with zero attached hydrogens (tertiary/aromatic N) is 4. The quantitative estimate of drug-likeness (QED) is 0.450. The third-order valence-electron chi connectivity index (χ3n) is 2.59. The molecule has 0 saturated carbocycles. The number of rotatable bonds is 3. The Bertz CT molecular complexity index is 349. The first-order valence-corrected chi connectivity index (χ1v) is 7.29. The number of ether oxygens (including phenoxy) is 1. The summed E-state index contributed by atoms with van der Waals surface area (Å²) < 4.78 is 5.37. The maximum Gasteiger partial charge on any atom is 0.410 e. The molecule has 1 rings (SSSR count). The molecule has 1 aliphatic rings. The molecule has 18 heavy (non-hydrogen) atoms. The Morgan fingerprint density at radius 3 is 2.78 bits per heavy atom. The van der Waals surface area contributed by atoms with E-state index >= 15 is 0 Å². The lowest BCUT2D eigenvalue weighted by Gasteiger charge is -2.28. The minimum atomic E-state index is -0.502. The van der Waals surface area contributed by atoms with Crippen molar-refractivity contribution >= 4 is 17.9 Å². The summed E-state index contributed by atoms with van der Waals surface area (Å²) in [6.07, 6.45) is 2.38. The highest BCUT2D eigenvalue weighted by Gasteiger charge is 2.36. The summed E-state index contributed by atoms with van der Waals surface area (Å²) in [6.45, 7) is 5.98. The Labute approximate surface area is 112 Å². The average molecular weight is 272 g/mol. The van der Waals surface area contributed by atoms with Gasteiger partial charge in [-0.15, -0.1) is 0 Å². The maximum absolute atomic E-state index is 12.1. The van der Waals surface area contributed by atoms with Crippen LogP contribution in [0, 0.1) is 0 Å². The van der Waals surface area contributed by atoms with Crippen LogP contribution in [0.3, 0.4) is 0 Å². The summed E-state index contributed by atoms with van der Waals surface area (Å²) in [4.78, 5) is 16.6. The van der Waals surface area contributed by atoms with Crippen molar-refractivity contribution in [3.8, 4) is 0 Å². The average Bonchev–Trinajstić information content (AvgIpc) is 2.60. The SMILES string of the molecule is CSC[C@@H]1CC(N=[N+]=[N-])CN1C(=O)OC(C)(C)C. The molecule has 0 radical (unpaired) electrons. The van der Waals surface area contributed by atoms with Crippen molar-refractivity contribution in [1.82, 2.24) is 4.90 Å². The van der Waals surface area contributed by atoms with Crippen LogP contribution in [0.25, 0.3) is 10.4 Å². The van der Waals surface area contributed by atoms with Gasteiger partial charge in [-0.05, 0) is 39.0 Å². The van der Waals surface area contributed by atoms with E-state index in [1.165, 1.54) is 0 Å². The van der Waals surface area contributed by atoms with Crippen molar-refractivity contribution in [1.29, 1.82) is 0 Å². The molecule has 1 unspecified atom stereocenters. The number of amides is 1. The van der Waals surface area contributed by atoms with E-state index in [2.05, 4.69) is 10.0 Å². The topological polar surface area (TPSA) is 78.3 Å². The second kappa shape index (κ2) is 6.20. The third-order valence-corrected chi connectivity index (χ3v) is 3.31. The number of hydrogen-bond acceptors (Lipinski definition) is 4. The molecule has 1 saturated heterocycles. The van der Waals surface area contributed by atoms with Crippen molar-refractivity contribution < 1.29 is 9.53 Å². The lowest BCUT2D eigenvalue weighted by Crippen LogP contribution is -2.41. The van der Waals surface area contributed by atoms with Gasteiger partial charge in [0.25, 0.3) is 0 Å². The first-order valence-electron chi connectivity index (χ1n) is 5.90. The molecule has 0 aromatic rings. The molecule has 1 fully saturated rings. The van der Waals surface area contributed by atoms with Gasteiger partial charge in [0.05, 0.1) is 6.04 Å². The Hall–Kier alpha value is -1.07. The second-order valence-corrected chi connectivity index (χ2v) is 6.25. The predicted molar refractivity (Wildman–Crippen MR) is 72.7 cm³/mol. The van der Waals surface area contributed by atoms with Crippen molar-refractivity contribution in [2.75, 3.05) is 18.6 Å². The minimum Gasteiger partial charge on any atom is -0.444 e. The summed E-state index contributed by atoms with van der Waals surface area (Å²) in [6, 6.07) is -0.0509. The van der Waals surface area contributed by atoms with Crippen molar-refractivity contribution in [3.63, 3.8) is 0 Å². The number of carbonyl (C=O) groups excluding carboxylic acids is 1. The van der Waals surface area contributed by atoms with Crippen LogP contribution in [-0.4, -0.2) is 47.2 Å². The van der Waals surface area contributed by atoms with Gasteiger partial charge < -0.3 is 9.64 Å². The Kier molecular flexibility index (Phi) is 5.16. The van der Waals surface area contributed by atoms with E-state index in [1.807, 2.05) is 27.0 Å². The molecular formula is C11H20N4O2S. The van der Waals surface area contributed by atoms with E-state index in [0.29, 0.717) is 13.0 Å². The van der Waals surface area contributed by atoms with Crippen LogP contribution < -0.4 is 0 Å². The fourth-order valence-corrected chi connectivity index (χ4v) is 2.64. The Morgan fingerprint density at radius 2 is 2.28 bits per heavy atom. The Balaban J connectivity index is 2.71. The highest BCUT2D eigenvalue weighted by molar-refractivity contribution is 7.98. The first-order chi connectivity index (χ1) is 8.37. The summed E-state index contributed by atoms with van der Waals surface area (Å²) in [5.74, 6) is 0.830. The molecule has 2 atom stereocenters. The van der Waals surface area contributed by atoms with E-state index in [1.54, 1.807) is 16.7 Å². The zero-order valence-electron chi connectivity index (χ0n) is 11.3. The highest BCUT2D eigenvalue weighted by atomic mass is 32.2. The number of hydrogen-bond donors (Lipinski definition) is 0. The van der Waals surface area contributed by atoms with Gasteiger partial charge in [-0.25, -0.2) is 4.79 Å². The van der Waals surface area contributed by atoms with Gasteiger partial charge in [-0.1, -0.05) is 5.11 Å². The number of carbonyl (C=O) groups is 1. The zero-order chi connectivity index (χ0) is 13.8. The first kappa shape index (κ1) is 15.0. The predicted octanol–water partition coefficient (Wildman–Crippen LogP) is 3.04. The van der Waals surface area contributed by atoms with Crippen LogP contribution in [0.2, 0.25) is 0 Å². The summed E-state index contributed by atoms with van der Waals surface area (Å²) >= 11 is 1.67. The Morgan fingerprint density at radius 1 is 1.61 bits per heavy atom. The van der Waals surface area contributed by atoms with Crippen LogP contribution in [0.1, 0.15) is 27.2 Å². The molecular weight excluding hydrogens is 252 g/mol. The van der Waals surface area contributed by atoms with E-state index in [0.717, 1.165) is 5.75 Å². The monoisotopic (exact) mass is 272 g/mol. The standard InChI is InChI=1S/C11H20N4O2S/c1-11(2,3)17-10(16)15-6-8(13-14-12)5-9(15)7-18-4/h8-9H,5-7H2,1-4H3/t8?,9-/m0/s1. The summed E-state index contributed by atoms with van der Waals surface area (Å²) in [5.41, 5.74) is 7.97. The molecule has 6 nitrogen and oxygen atoms in total. The van der Waals surface area contributed by atoms with Crippen molar-refractivity contribution in [2.24, 2.45) is 5.11 Å². The molecule has 0 bridgehead atoms. The molecule has 0 aliphatic carbocycles. The van der Waals surface area contributed by atoms with Gasteiger partial charge in [0.2, 0.25) is 0 Å². The smallest absolute Gasteiger partial charge is 0.410 e. The van der Waals surface area contributed by atoms with E-state index in [-0.39, 0.29) is 18.2 Å². The van der Waals surface area contributed by atoms with E-state index < -0.39 is 5.60 Å². The van der Waals surface area contributed by atoms with Gasteiger partial charge in [0.1, 0.15) is 5.60 Å². The van der Waals surface area contributed by atoms with E-state index in [4.69, 9.17) is 10.3 Å². The van der Waals surface area contributed by atoms with Crippen LogP contribution in [0.15, 0.2) is 5.11 Å². The highest BCUT2D eigenvalue weighted by Crippen LogP contribution is 2.25. The molecule has 7 heteroatoms. The lowest BCUT2D eigenvalue weighted by atomic mass is 10.2. The maximum atomic E-state index is 12.1. The fraction of sp³-hybridized carbons (Fsp3) is 0.909. The second-order valence-electron chi connectivity index (χ2n) is 5.34. The van der Waals surface area contributed by atoms with Gasteiger partial charge in [0.15, 0.2) is 0 Å². The third kappa shape index (κ3) is 4.31. The normalized spacial score (nSPS) is 23.7. The van der Waals surface area contributed by atoms with Gasteiger partial charge >= 0.3 is 6.09 Å². The summed E-state index contributed by atoms with van der Waals surface area (Å²) in [5, 5.41) is 3.71. The number of thioether (sulfide) groups is 1. The van der Waals surface area contributed by atoms with Gasteiger partial charge in [0, 0.05) is 23.3 Å². The number of azide groups is 1. The van der Waals surface area contributed by atoms with Crippen LogP contribution >= 0.6 is 11.8 Å². The molecule has 1 heterocycles. The molecule has 1 amide bonds. The van der Waals surface area contributed by atoms with E-state index in [9.17, 15) is 4.79 Å². The zero-order valence-corrected chi connectivity index (χ0v) is 12.1. The largest absolute Gasteiger partial charge is 0.444 e. The van der Waals surface area contributed by atoms with Crippen molar-refractivity contribution in [2.45, 2.75) is 44.9 Å². The molecule has 0 aromatic heterocycles. The lowest BCUT2D eigenvalue weighted by molar-refractivity contribution is 0.0240. The molecule has 1 aliphatic heterocycles. The fourth-order valence-electron chi connectivity index (χ4n) is 1.94. The summed E-state index contributed by atoms with van der Waals surface area (Å²) in [7, 11) is 0. The molecule has 0 aromatic carbocycles. The number of likely N-dealkylation sites (tertiary alicyclic amines) is 1. The van der Waals surface area contributed by atoms with Crippen molar-refractivity contribution in [3.05, 3.63) is 10.4 Å².